The van der Waals surface area contributed by atoms with Gasteiger partial charge in [-0.2, -0.15) is 20.4 Å². The van der Waals surface area contributed by atoms with Crippen LogP contribution in [0.15, 0.2) is 49.4 Å². The number of amidine groups is 1. The number of nitrogens with two attached hydrogens (primary N) is 4. The van der Waals surface area contributed by atoms with Crippen LogP contribution in [0.5, 0.6) is 0 Å². The van der Waals surface area contributed by atoms with Crippen molar-refractivity contribution in [2.45, 2.75) is 65.1 Å². The summed E-state index contributed by atoms with van der Waals surface area (Å²) < 4.78 is 0. The minimum absolute atomic E-state index is 0. The summed E-state index contributed by atoms with van der Waals surface area (Å²) in [4.78, 5) is 31.8. The largest absolute Gasteiger partial charge is 2.00 e. The number of primary amides is 3. The second-order valence-corrected chi connectivity index (χ2v) is 8.51. The van der Waals surface area contributed by atoms with Gasteiger partial charge in [0.1, 0.15) is 0 Å². The first-order valence-electron chi connectivity index (χ1n) is 12.0. The number of hydrazone groups is 3. The Morgan fingerprint density at radius 3 is 1.76 bits per heavy atom. The standard InChI is InChI=1S/C11H20N7O2.C11H17N7O2.Ni/c2*1-6(15-17-10(12)19)8-4-3-5-9(14-8)7(2)16-18-11(13)20;/h8-9H,3-5H2,1-2H3,(H3,12,17,19)(H3,13,18,20);3-5,8,14H,1-2H3,(H3,12,17,19)(H3,13,18,20);/q-1;;+2/p-1. The molecule has 0 aromatic heterocycles. The minimum atomic E-state index is -0.865. The van der Waals surface area contributed by atoms with E-state index in [9.17, 15) is 19.5 Å². The zero-order valence-electron chi connectivity index (χ0n) is 23.0. The van der Waals surface area contributed by atoms with Gasteiger partial charge in [-0.25, -0.2) is 30.7 Å². The molecule has 1 saturated heterocycles. The molecule has 3 atom stereocenters. The molecular formula is C22H36N14NiO4. The molecule has 19 heteroatoms. The number of urea groups is 3. The molecule has 0 radical (unpaired) electrons. The summed E-state index contributed by atoms with van der Waals surface area (Å²) >= 11 is 0. The van der Waals surface area contributed by atoms with Crippen LogP contribution in [0, 0.1) is 0 Å². The monoisotopic (exact) mass is 618 g/mol. The molecule has 2 aliphatic heterocycles. The van der Waals surface area contributed by atoms with E-state index in [-0.39, 0.29) is 34.6 Å². The molecule has 0 aromatic rings. The Hall–Kier alpha value is -4.51. The molecule has 2 heterocycles. The van der Waals surface area contributed by atoms with E-state index < -0.39 is 24.1 Å². The maximum Gasteiger partial charge on any atom is 2.00 e. The van der Waals surface area contributed by atoms with Gasteiger partial charge in [-0.15, -0.1) is 5.10 Å². The van der Waals surface area contributed by atoms with Gasteiger partial charge in [0.05, 0.1) is 29.2 Å². The van der Waals surface area contributed by atoms with Gasteiger partial charge in [0.25, 0.3) is 0 Å². The van der Waals surface area contributed by atoms with E-state index >= 15 is 0 Å². The molecule has 18 nitrogen and oxygen atoms in total. The molecule has 0 aliphatic carbocycles. The SMILES string of the molecule is CC(=N/N=C(/N)[O-])C1=CC=CC(C(C)=NNC(N)=O)N1.CC(=NNC(N)=O)C1CCCC(C(C)=NNC(N)=O)[N-]1.[Ni+2]. The smallest absolute Gasteiger partial charge is 0.845 e. The third-order valence-corrected chi connectivity index (χ3v) is 5.32. The van der Waals surface area contributed by atoms with Crippen LogP contribution in [-0.2, 0) is 16.5 Å². The third-order valence-electron chi connectivity index (χ3n) is 5.32. The Kier molecular flexibility index (Phi) is 16.7. The molecule has 41 heavy (non-hydrogen) atoms. The summed E-state index contributed by atoms with van der Waals surface area (Å²) in [6.07, 6.45) is 8.05. The predicted molar refractivity (Wildman–Crippen MR) is 151 cm³/mol. The number of dihydropyridines is 1. The normalized spacial score (nSPS) is 21.6. The maximum absolute atomic E-state index is 10.6. The van der Waals surface area contributed by atoms with E-state index in [4.69, 9.17) is 22.9 Å². The summed E-state index contributed by atoms with van der Waals surface area (Å²) in [6.45, 7) is 6.96. The van der Waals surface area contributed by atoms with Crippen molar-refractivity contribution in [3.63, 3.8) is 0 Å². The fourth-order valence-corrected chi connectivity index (χ4v) is 3.33. The molecular weight excluding hydrogens is 583 g/mol. The van der Waals surface area contributed by atoms with Gasteiger partial charge in [0.15, 0.2) is 0 Å². The van der Waals surface area contributed by atoms with Crippen molar-refractivity contribution in [3.05, 3.63) is 29.2 Å². The number of amides is 6. The van der Waals surface area contributed by atoms with Gasteiger partial charge >= 0.3 is 34.6 Å². The van der Waals surface area contributed by atoms with E-state index in [1.807, 2.05) is 6.08 Å². The molecule has 6 amide bonds. The Balaban J connectivity index is 0.000000762. The summed E-state index contributed by atoms with van der Waals surface area (Å²) in [5, 5.41) is 36.8. The number of carbonyl (C=O) groups is 3. The van der Waals surface area contributed by atoms with Gasteiger partial charge < -0.3 is 38.7 Å². The van der Waals surface area contributed by atoms with Crippen molar-refractivity contribution in [2.75, 3.05) is 0 Å². The average molecular weight is 619 g/mol. The second kappa shape index (κ2) is 18.7. The van der Waals surface area contributed by atoms with Gasteiger partial charge in [-0.3, -0.25) is 0 Å². The number of hydrogen-bond acceptors (Lipinski definition) is 10. The summed E-state index contributed by atoms with van der Waals surface area (Å²) in [6, 6.07) is -3.45. The fraction of sp³-hybridized carbons (Fsp3) is 0.455. The number of allylic oxidation sites excluding steroid dienone is 3. The molecule has 0 saturated carbocycles. The maximum atomic E-state index is 10.6. The number of nitrogens with one attached hydrogen (secondary N) is 4. The summed E-state index contributed by atoms with van der Waals surface area (Å²) in [7, 11) is 0. The summed E-state index contributed by atoms with van der Waals surface area (Å²) in [5.41, 5.74) is 29.4. The quantitative estimate of drug-likeness (QED) is 0.0718. The molecule has 0 aromatic carbocycles. The van der Waals surface area contributed by atoms with Gasteiger partial charge in [-0.05, 0) is 33.8 Å². The molecule has 3 unspecified atom stereocenters. The first kappa shape index (κ1) is 36.5. The Morgan fingerprint density at radius 1 is 0.854 bits per heavy atom. The van der Waals surface area contributed by atoms with Crippen molar-refractivity contribution >= 4 is 47.0 Å². The minimum Gasteiger partial charge on any atom is -0.845 e. The molecule has 12 N–H and O–H groups in total. The van der Waals surface area contributed by atoms with Gasteiger partial charge in [-0.1, -0.05) is 43.5 Å². The first-order chi connectivity index (χ1) is 18.8. The van der Waals surface area contributed by atoms with E-state index in [1.54, 1.807) is 39.8 Å². The molecule has 2 rings (SSSR count). The van der Waals surface area contributed by atoms with Crippen LogP contribution in [0.4, 0.5) is 14.4 Å². The van der Waals surface area contributed by atoms with Crippen molar-refractivity contribution in [1.82, 2.24) is 21.6 Å². The van der Waals surface area contributed by atoms with Crippen molar-refractivity contribution < 1.29 is 36.0 Å². The Labute approximate surface area is 247 Å². The molecule has 0 spiro atoms. The van der Waals surface area contributed by atoms with Crippen LogP contribution in [-0.4, -0.2) is 65.1 Å². The molecule has 228 valence electrons. The Bertz CT molecular complexity index is 1100. The third kappa shape index (κ3) is 15.0. The van der Waals surface area contributed by atoms with Crippen molar-refractivity contribution in [1.29, 1.82) is 0 Å². The number of nitrogens with zero attached hydrogens (tertiary/aromatic N) is 6. The van der Waals surface area contributed by atoms with Crippen LogP contribution < -0.4 is 49.6 Å². The van der Waals surface area contributed by atoms with Crippen LogP contribution in [0.1, 0.15) is 47.0 Å². The van der Waals surface area contributed by atoms with Crippen LogP contribution in [0.25, 0.3) is 5.32 Å². The topological polar surface area (TPSA) is 302 Å². The zero-order valence-corrected chi connectivity index (χ0v) is 24.0. The van der Waals surface area contributed by atoms with Crippen molar-refractivity contribution in [3.8, 4) is 0 Å². The summed E-state index contributed by atoms with van der Waals surface area (Å²) in [5.74, 6) is 0. The van der Waals surface area contributed by atoms with E-state index in [0.717, 1.165) is 19.3 Å². The molecule has 2 aliphatic rings. The fourth-order valence-electron chi connectivity index (χ4n) is 3.33. The van der Waals surface area contributed by atoms with Crippen LogP contribution >= 0.6 is 0 Å². The van der Waals surface area contributed by atoms with E-state index in [2.05, 4.69) is 52.4 Å². The number of rotatable bonds is 8. The zero-order chi connectivity index (χ0) is 30.2. The van der Waals surface area contributed by atoms with Gasteiger partial charge in [0.2, 0.25) is 0 Å². The first-order valence-corrected chi connectivity index (χ1v) is 12.0. The second-order valence-electron chi connectivity index (χ2n) is 8.51. The van der Waals surface area contributed by atoms with Crippen LogP contribution in [0.3, 0.4) is 0 Å². The number of carbonyl (C=O) groups excluding carboxylic acids is 3. The number of hydrogen-bond donors (Lipinski definition) is 8. The Morgan fingerprint density at radius 2 is 1.32 bits per heavy atom. The van der Waals surface area contributed by atoms with Gasteiger partial charge in [0, 0.05) is 11.4 Å². The number of piperidine rings is 1. The molecule has 1 fully saturated rings. The van der Waals surface area contributed by atoms with Crippen LogP contribution in [0.2, 0.25) is 0 Å². The average Bonchev–Trinajstić information content (AvgIpc) is 2.92. The predicted octanol–water partition coefficient (Wildman–Crippen LogP) is -1.14. The van der Waals surface area contributed by atoms with Crippen molar-refractivity contribution in [2.24, 2.45) is 48.4 Å². The van der Waals surface area contributed by atoms with E-state index in [1.165, 1.54) is 0 Å². The molecule has 0 bridgehead atoms. The van der Waals surface area contributed by atoms with E-state index in [0.29, 0.717) is 28.5 Å².